The molecule has 0 bridgehead atoms. The van der Waals surface area contributed by atoms with Crippen LogP contribution in [-0.4, -0.2) is 36.0 Å². The average molecular weight is 244 g/mol. The van der Waals surface area contributed by atoms with Gasteiger partial charge in [0.1, 0.15) is 0 Å². The zero-order valence-corrected chi connectivity index (χ0v) is 11.4. The normalized spacial score (nSPS) is 30.1. The Kier molecular flexibility index (Phi) is 4.20. The van der Waals surface area contributed by atoms with Crippen molar-refractivity contribution in [3.63, 3.8) is 0 Å². The maximum atomic E-state index is 11.8. The van der Waals surface area contributed by atoms with E-state index in [9.17, 15) is 9.90 Å². The number of rotatable bonds is 3. The van der Waals surface area contributed by atoms with Crippen molar-refractivity contribution < 1.29 is 19.4 Å². The lowest BCUT2D eigenvalue weighted by Crippen LogP contribution is -2.54. The summed E-state index contributed by atoms with van der Waals surface area (Å²) in [7, 11) is 1.37. The minimum Gasteiger partial charge on any atom is -0.469 e. The predicted octanol–water partition coefficient (Wildman–Crippen LogP) is 1.75. The summed E-state index contributed by atoms with van der Waals surface area (Å²) >= 11 is 0. The molecular weight excluding hydrogens is 220 g/mol. The Bertz CT molecular complexity index is 285. The summed E-state index contributed by atoms with van der Waals surface area (Å²) in [5, 5.41) is 10.8. The van der Waals surface area contributed by atoms with Crippen LogP contribution in [0.25, 0.3) is 0 Å². The van der Waals surface area contributed by atoms with Crippen LogP contribution in [0.2, 0.25) is 0 Å². The minimum absolute atomic E-state index is 0.0429. The van der Waals surface area contributed by atoms with Gasteiger partial charge in [0.15, 0.2) is 0 Å². The van der Waals surface area contributed by atoms with Crippen LogP contribution in [0.5, 0.6) is 0 Å². The Hall–Kier alpha value is -0.610. The molecule has 2 atom stereocenters. The highest BCUT2D eigenvalue weighted by Crippen LogP contribution is 2.40. The number of hydrogen-bond acceptors (Lipinski definition) is 4. The van der Waals surface area contributed by atoms with Gasteiger partial charge in [0.05, 0.1) is 30.8 Å². The van der Waals surface area contributed by atoms with Crippen LogP contribution in [0.3, 0.4) is 0 Å². The van der Waals surface area contributed by atoms with Gasteiger partial charge in [0, 0.05) is 12.8 Å². The zero-order chi connectivity index (χ0) is 13.3. The van der Waals surface area contributed by atoms with Gasteiger partial charge < -0.3 is 14.6 Å². The van der Waals surface area contributed by atoms with E-state index >= 15 is 0 Å². The molecule has 0 aromatic carbocycles. The fourth-order valence-electron chi connectivity index (χ4n) is 2.89. The number of esters is 1. The molecule has 100 valence electrons. The second-order valence-corrected chi connectivity index (χ2v) is 5.88. The van der Waals surface area contributed by atoms with Gasteiger partial charge in [-0.05, 0) is 19.8 Å². The fraction of sp³-hybridized carbons (Fsp3) is 0.923. The largest absolute Gasteiger partial charge is 0.469 e. The van der Waals surface area contributed by atoms with Crippen LogP contribution in [0.4, 0.5) is 0 Å². The summed E-state index contributed by atoms with van der Waals surface area (Å²) in [6.07, 6.45) is 0.937. The molecule has 1 aliphatic heterocycles. The summed E-state index contributed by atoms with van der Waals surface area (Å²) in [6.45, 7) is 8.21. The van der Waals surface area contributed by atoms with Crippen molar-refractivity contribution in [1.82, 2.24) is 0 Å². The molecule has 1 fully saturated rings. The summed E-state index contributed by atoms with van der Waals surface area (Å²) in [5.74, 6) is -0.780. The van der Waals surface area contributed by atoms with E-state index in [1.807, 2.05) is 27.7 Å². The molecular formula is C13H24O4. The van der Waals surface area contributed by atoms with E-state index in [0.717, 1.165) is 0 Å². The van der Waals surface area contributed by atoms with Gasteiger partial charge in [0.25, 0.3) is 0 Å². The van der Waals surface area contributed by atoms with E-state index in [-0.39, 0.29) is 11.9 Å². The first-order valence-electron chi connectivity index (χ1n) is 6.16. The molecule has 1 aliphatic rings. The zero-order valence-electron chi connectivity index (χ0n) is 11.4. The molecule has 0 amide bonds. The molecule has 0 aromatic rings. The van der Waals surface area contributed by atoms with Gasteiger partial charge >= 0.3 is 5.97 Å². The Morgan fingerprint density at radius 1 is 1.41 bits per heavy atom. The Balaban J connectivity index is 2.95. The standard InChI is InChI=1S/C13H24O4/c1-9(2)10(11(14)16-5)13(15)6-7-17-12(3,4)8-13/h9-10,15H,6-8H2,1-5H3. The van der Waals surface area contributed by atoms with E-state index in [0.29, 0.717) is 19.4 Å². The van der Waals surface area contributed by atoms with Gasteiger partial charge in [0.2, 0.25) is 0 Å². The first-order valence-corrected chi connectivity index (χ1v) is 6.16. The van der Waals surface area contributed by atoms with E-state index in [4.69, 9.17) is 9.47 Å². The number of carbonyl (C=O) groups is 1. The average Bonchev–Trinajstić information content (AvgIpc) is 2.14. The quantitative estimate of drug-likeness (QED) is 0.768. The van der Waals surface area contributed by atoms with Crippen LogP contribution in [-0.2, 0) is 14.3 Å². The molecule has 17 heavy (non-hydrogen) atoms. The van der Waals surface area contributed by atoms with Crippen molar-refractivity contribution in [3.8, 4) is 0 Å². The maximum absolute atomic E-state index is 11.8. The maximum Gasteiger partial charge on any atom is 0.311 e. The molecule has 4 nitrogen and oxygen atoms in total. The van der Waals surface area contributed by atoms with E-state index in [1.165, 1.54) is 7.11 Å². The SMILES string of the molecule is COC(=O)C(C(C)C)C1(O)CCOC(C)(C)C1. The summed E-state index contributed by atoms with van der Waals surface area (Å²) in [6, 6.07) is 0. The third-order valence-electron chi connectivity index (χ3n) is 3.46. The molecule has 2 unspecified atom stereocenters. The smallest absolute Gasteiger partial charge is 0.311 e. The van der Waals surface area contributed by atoms with Gasteiger partial charge in [-0.3, -0.25) is 4.79 Å². The predicted molar refractivity (Wildman–Crippen MR) is 64.6 cm³/mol. The van der Waals surface area contributed by atoms with Crippen molar-refractivity contribution in [2.75, 3.05) is 13.7 Å². The number of hydrogen-bond donors (Lipinski definition) is 1. The third kappa shape index (κ3) is 3.19. The molecule has 0 saturated carbocycles. The summed E-state index contributed by atoms with van der Waals surface area (Å²) in [5.41, 5.74) is -1.42. The first-order chi connectivity index (χ1) is 7.72. The lowest BCUT2D eigenvalue weighted by atomic mass is 9.71. The van der Waals surface area contributed by atoms with E-state index < -0.39 is 17.1 Å². The molecule has 1 saturated heterocycles. The molecule has 1 heterocycles. The molecule has 1 N–H and O–H groups in total. The van der Waals surface area contributed by atoms with Gasteiger partial charge in [-0.15, -0.1) is 0 Å². The first kappa shape index (κ1) is 14.5. The number of carbonyl (C=O) groups excluding carboxylic acids is 1. The second-order valence-electron chi connectivity index (χ2n) is 5.88. The topological polar surface area (TPSA) is 55.8 Å². The molecule has 0 radical (unpaired) electrons. The van der Waals surface area contributed by atoms with Crippen LogP contribution in [0.15, 0.2) is 0 Å². The monoisotopic (exact) mass is 244 g/mol. The van der Waals surface area contributed by atoms with Crippen molar-refractivity contribution in [2.24, 2.45) is 11.8 Å². The molecule has 0 spiro atoms. The van der Waals surface area contributed by atoms with Gasteiger partial charge in [-0.2, -0.15) is 0 Å². The molecule has 0 aromatic heterocycles. The minimum atomic E-state index is -1.02. The van der Waals surface area contributed by atoms with Gasteiger partial charge in [-0.1, -0.05) is 13.8 Å². The number of aliphatic hydroxyl groups is 1. The number of ether oxygens (including phenoxy) is 2. The highest BCUT2D eigenvalue weighted by Gasteiger charge is 2.49. The van der Waals surface area contributed by atoms with Crippen LogP contribution in [0, 0.1) is 11.8 Å². The Labute approximate surface area is 103 Å². The fourth-order valence-corrected chi connectivity index (χ4v) is 2.89. The van der Waals surface area contributed by atoms with E-state index in [2.05, 4.69) is 0 Å². The van der Waals surface area contributed by atoms with E-state index in [1.54, 1.807) is 0 Å². The van der Waals surface area contributed by atoms with Crippen molar-refractivity contribution in [2.45, 2.75) is 51.7 Å². The van der Waals surface area contributed by atoms with Crippen LogP contribution < -0.4 is 0 Å². The molecule has 1 rings (SSSR count). The lowest BCUT2D eigenvalue weighted by Gasteiger charge is -2.45. The highest BCUT2D eigenvalue weighted by molar-refractivity contribution is 5.74. The molecule has 0 aliphatic carbocycles. The highest BCUT2D eigenvalue weighted by atomic mass is 16.5. The Morgan fingerprint density at radius 3 is 2.41 bits per heavy atom. The van der Waals surface area contributed by atoms with Crippen LogP contribution >= 0.6 is 0 Å². The van der Waals surface area contributed by atoms with Gasteiger partial charge in [-0.25, -0.2) is 0 Å². The third-order valence-corrected chi connectivity index (χ3v) is 3.46. The van der Waals surface area contributed by atoms with Crippen molar-refractivity contribution in [1.29, 1.82) is 0 Å². The summed E-state index contributed by atoms with van der Waals surface area (Å²) in [4.78, 5) is 11.8. The lowest BCUT2D eigenvalue weighted by molar-refractivity contribution is -0.189. The van der Waals surface area contributed by atoms with Crippen molar-refractivity contribution in [3.05, 3.63) is 0 Å². The molecule has 4 heteroatoms. The second kappa shape index (κ2) is 4.94. The van der Waals surface area contributed by atoms with Crippen LogP contribution in [0.1, 0.15) is 40.5 Å². The number of methoxy groups -OCH3 is 1. The van der Waals surface area contributed by atoms with Crippen molar-refractivity contribution >= 4 is 5.97 Å². The Morgan fingerprint density at radius 2 is 2.00 bits per heavy atom. The summed E-state index contributed by atoms with van der Waals surface area (Å²) < 4.78 is 10.4.